The molecule has 5 nitrogen and oxygen atoms in total. The van der Waals surface area contributed by atoms with Gasteiger partial charge in [-0.15, -0.1) is 0 Å². The first-order chi connectivity index (χ1) is 13.6. The Morgan fingerprint density at radius 3 is 2.21 bits per heavy atom. The van der Waals surface area contributed by atoms with Gasteiger partial charge in [-0.2, -0.15) is 0 Å². The van der Waals surface area contributed by atoms with Crippen LogP contribution in [0.4, 0.5) is 0 Å². The molecule has 0 heterocycles. The summed E-state index contributed by atoms with van der Waals surface area (Å²) in [5, 5.41) is 0. The highest BCUT2D eigenvalue weighted by Crippen LogP contribution is 2.20. The van der Waals surface area contributed by atoms with Crippen molar-refractivity contribution in [2.24, 2.45) is 0 Å². The van der Waals surface area contributed by atoms with Crippen molar-refractivity contribution in [3.63, 3.8) is 0 Å². The molecule has 0 unspecified atom stereocenters. The summed E-state index contributed by atoms with van der Waals surface area (Å²) in [6, 6.07) is 13.7. The standard InChI is InChI=1S/C23H28O5/c1-3-5-6-7-15-26-20-9-8-10-21(16-20)27-17-23(25)28-19-13-11-18(12-14-19)22(24)4-2/h8-14,16H,3-7,15,17H2,1-2H3. The Balaban J connectivity index is 1.77. The van der Waals surface area contributed by atoms with E-state index in [1.54, 1.807) is 43.3 Å². The Morgan fingerprint density at radius 2 is 1.54 bits per heavy atom. The molecule has 0 aliphatic carbocycles. The van der Waals surface area contributed by atoms with E-state index in [0.29, 0.717) is 30.1 Å². The van der Waals surface area contributed by atoms with Gasteiger partial charge in [-0.05, 0) is 42.8 Å². The van der Waals surface area contributed by atoms with Crippen LogP contribution in [0.25, 0.3) is 0 Å². The van der Waals surface area contributed by atoms with Gasteiger partial charge in [0, 0.05) is 18.1 Å². The maximum Gasteiger partial charge on any atom is 0.349 e. The minimum Gasteiger partial charge on any atom is -0.493 e. The SMILES string of the molecule is CCCCCCOc1cccc(OCC(=O)Oc2ccc(C(=O)CC)cc2)c1. The number of carbonyl (C=O) groups is 2. The van der Waals surface area contributed by atoms with E-state index in [9.17, 15) is 9.59 Å². The summed E-state index contributed by atoms with van der Waals surface area (Å²) in [7, 11) is 0. The lowest BCUT2D eigenvalue weighted by molar-refractivity contribution is -0.136. The third-order valence-corrected chi connectivity index (χ3v) is 4.16. The molecule has 0 aliphatic heterocycles. The average molecular weight is 384 g/mol. The second-order valence-electron chi connectivity index (χ2n) is 6.45. The molecule has 2 rings (SSSR count). The molecular formula is C23H28O5. The van der Waals surface area contributed by atoms with Gasteiger partial charge in [0.2, 0.25) is 0 Å². The Hall–Kier alpha value is -2.82. The molecule has 0 amide bonds. The molecule has 2 aromatic rings. The predicted octanol–water partition coefficient (Wildman–Crippen LogP) is 5.22. The molecule has 0 saturated carbocycles. The number of ketones is 1. The van der Waals surface area contributed by atoms with Crippen LogP contribution in [0.5, 0.6) is 17.2 Å². The van der Waals surface area contributed by atoms with E-state index in [1.807, 2.05) is 12.1 Å². The molecule has 0 saturated heterocycles. The fraction of sp³-hybridized carbons (Fsp3) is 0.391. The van der Waals surface area contributed by atoms with Crippen molar-refractivity contribution in [3.8, 4) is 17.2 Å². The van der Waals surface area contributed by atoms with Crippen molar-refractivity contribution in [1.29, 1.82) is 0 Å². The molecule has 0 radical (unpaired) electrons. The lowest BCUT2D eigenvalue weighted by atomic mass is 10.1. The zero-order valence-corrected chi connectivity index (χ0v) is 16.6. The number of benzene rings is 2. The van der Waals surface area contributed by atoms with E-state index in [-0.39, 0.29) is 12.4 Å². The summed E-state index contributed by atoms with van der Waals surface area (Å²) in [4.78, 5) is 23.6. The van der Waals surface area contributed by atoms with Crippen molar-refractivity contribution in [2.45, 2.75) is 46.0 Å². The van der Waals surface area contributed by atoms with Crippen LogP contribution in [0, 0.1) is 0 Å². The Morgan fingerprint density at radius 1 is 0.821 bits per heavy atom. The van der Waals surface area contributed by atoms with Gasteiger partial charge in [-0.25, -0.2) is 4.79 Å². The highest BCUT2D eigenvalue weighted by atomic mass is 16.6. The van der Waals surface area contributed by atoms with Crippen LogP contribution in [0.15, 0.2) is 48.5 Å². The number of hydrogen-bond donors (Lipinski definition) is 0. The Kier molecular flexibility index (Phi) is 9.05. The monoisotopic (exact) mass is 384 g/mol. The number of hydrogen-bond acceptors (Lipinski definition) is 5. The summed E-state index contributed by atoms with van der Waals surface area (Å²) in [5.74, 6) is 1.19. The van der Waals surface area contributed by atoms with E-state index >= 15 is 0 Å². The van der Waals surface area contributed by atoms with Crippen LogP contribution in [0.3, 0.4) is 0 Å². The van der Waals surface area contributed by atoms with E-state index < -0.39 is 5.97 Å². The molecule has 0 aliphatic rings. The third-order valence-electron chi connectivity index (χ3n) is 4.16. The number of esters is 1. The smallest absolute Gasteiger partial charge is 0.349 e. The molecule has 28 heavy (non-hydrogen) atoms. The van der Waals surface area contributed by atoms with Crippen molar-refractivity contribution in [2.75, 3.05) is 13.2 Å². The second kappa shape index (κ2) is 11.8. The van der Waals surface area contributed by atoms with E-state index in [0.717, 1.165) is 18.6 Å². The molecule has 2 aromatic carbocycles. The third kappa shape index (κ3) is 7.43. The van der Waals surface area contributed by atoms with E-state index in [4.69, 9.17) is 14.2 Å². The first kappa shape index (κ1) is 21.5. The first-order valence-corrected chi connectivity index (χ1v) is 9.82. The molecular weight excluding hydrogens is 356 g/mol. The average Bonchev–Trinajstić information content (AvgIpc) is 2.72. The number of ether oxygens (including phenoxy) is 3. The second-order valence-corrected chi connectivity index (χ2v) is 6.45. The Bertz CT molecular complexity index is 752. The lowest BCUT2D eigenvalue weighted by Crippen LogP contribution is -2.17. The number of carbonyl (C=O) groups excluding carboxylic acids is 2. The molecule has 0 spiro atoms. The van der Waals surface area contributed by atoms with Gasteiger partial charge in [0.1, 0.15) is 17.2 Å². The minimum atomic E-state index is -0.513. The van der Waals surface area contributed by atoms with Crippen LogP contribution in [0.1, 0.15) is 56.3 Å². The van der Waals surface area contributed by atoms with Gasteiger partial charge in [0.25, 0.3) is 0 Å². The summed E-state index contributed by atoms with van der Waals surface area (Å²) in [6.07, 6.45) is 5.03. The van der Waals surface area contributed by atoms with Gasteiger partial charge in [-0.1, -0.05) is 39.2 Å². The lowest BCUT2D eigenvalue weighted by Gasteiger charge is -2.10. The van der Waals surface area contributed by atoms with Crippen LogP contribution in [-0.2, 0) is 4.79 Å². The van der Waals surface area contributed by atoms with Gasteiger partial charge in [-0.3, -0.25) is 4.79 Å². The molecule has 0 N–H and O–H groups in total. The summed E-state index contributed by atoms with van der Waals surface area (Å²) >= 11 is 0. The van der Waals surface area contributed by atoms with Crippen molar-refractivity contribution in [1.82, 2.24) is 0 Å². The number of Topliss-reactive ketones (excluding diaryl/α,β-unsaturated/α-hetero) is 1. The van der Waals surface area contributed by atoms with E-state index in [2.05, 4.69) is 6.92 Å². The minimum absolute atomic E-state index is 0.0497. The molecule has 0 fully saturated rings. The van der Waals surface area contributed by atoms with Crippen LogP contribution in [-0.4, -0.2) is 25.0 Å². The van der Waals surface area contributed by atoms with Crippen molar-refractivity contribution in [3.05, 3.63) is 54.1 Å². The zero-order valence-electron chi connectivity index (χ0n) is 16.6. The van der Waals surface area contributed by atoms with Gasteiger partial charge in [0.15, 0.2) is 12.4 Å². The largest absolute Gasteiger partial charge is 0.493 e. The maximum absolute atomic E-state index is 12.0. The predicted molar refractivity (Wildman–Crippen MR) is 108 cm³/mol. The maximum atomic E-state index is 12.0. The van der Waals surface area contributed by atoms with Crippen LogP contribution < -0.4 is 14.2 Å². The quantitative estimate of drug-likeness (QED) is 0.217. The van der Waals surface area contributed by atoms with Crippen molar-refractivity contribution >= 4 is 11.8 Å². The Labute approximate surface area is 166 Å². The highest BCUT2D eigenvalue weighted by molar-refractivity contribution is 5.95. The van der Waals surface area contributed by atoms with Crippen LogP contribution in [0.2, 0.25) is 0 Å². The van der Waals surface area contributed by atoms with E-state index in [1.165, 1.54) is 12.8 Å². The first-order valence-electron chi connectivity index (χ1n) is 9.82. The molecule has 150 valence electrons. The normalized spacial score (nSPS) is 10.4. The summed E-state index contributed by atoms with van der Waals surface area (Å²) < 4.78 is 16.4. The van der Waals surface area contributed by atoms with Gasteiger partial charge < -0.3 is 14.2 Å². The summed E-state index contributed by atoms with van der Waals surface area (Å²) in [6.45, 7) is 4.44. The summed E-state index contributed by atoms with van der Waals surface area (Å²) in [5.41, 5.74) is 0.602. The zero-order chi connectivity index (χ0) is 20.2. The van der Waals surface area contributed by atoms with Gasteiger partial charge >= 0.3 is 5.97 Å². The fourth-order valence-electron chi connectivity index (χ4n) is 2.59. The molecule has 0 bridgehead atoms. The highest BCUT2D eigenvalue weighted by Gasteiger charge is 2.08. The number of unbranched alkanes of at least 4 members (excludes halogenated alkanes) is 3. The van der Waals surface area contributed by atoms with Crippen LogP contribution >= 0.6 is 0 Å². The molecule has 5 heteroatoms. The number of rotatable bonds is 12. The van der Waals surface area contributed by atoms with Crippen molar-refractivity contribution < 1.29 is 23.8 Å². The van der Waals surface area contributed by atoms with Gasteiger partial charge in [0.05, 0.1) is 6.61 Å². The molecule has 0 atom stereocenters. The fourth-order valence-corrected chi connectivity index (χ4v) is 2.59. The molecule has 0 aromatic heterocycles. The topological polar surface area (TPSA) is 61.8 Å².